The van der Waals surface area contributed by atoms with Gasteiger partial charge in [0.1, 0.15) is 11.6 Å². The topological polar surface area (TPSA) is 77.4 Å². The predicted molar refractivity (Wildman–Crippen MR) is 136 cm³/mol. The van der Waals surface area contributed by atoms with E-state index in [-0.39, 0.29) is 16.9 Å². The Morgan fingerprint density at radius 2 is 1.76 bits per heavy atom. The molecule has 1 aromatic heterocycles. The molecule has 0 radical (unpaired) electrons. The average Bonchev–Trinajstić information content (AvgIpc) is 2.81. The third kappa shape index (κ3) is 6.78. The van der Waals surface area contributed by atoms with Crippen LogP contribution in [0.25, 0.3) is 10.9 Å². The number of nitrogens with zero attached hydrogens (tertiary/aromatic N) is 1. The molecule has 6 nitrogen and oxygen atoms in total. The van der Waals surface area contributed by atoms with Crippen molar-refractivity contribution in [3.05, 3.63) is 80.6 Å². The monoisotopic (exact) mass is 514 g/mol. The molecule has 0 aliphatic rings. The van der Waals surface area contributed by atoms with Crippen LogP contribution in [0.15, 0.2) is 64.0 Å². The standard InChI is InChI=1S/C24H25BrN2O4.C2H6/c1-15(2)11-20(24(30)31-3)26-23(29)19-14-27(13-16-7-5-4-6-8-16)21-10-9-17(25)12-18(21)22(19)28;1-2/h4-10,12,14-15,20H,11,13H2,1-3H3,(H,26,29);1-2H3/t20-;/m0./s1. The van der Waals surface area contributed by atoms with Crippen LogP contribution < -0.4 is 10.7 Å². The van der Waals surface area contributed by atoms with Crippen LogP contribution in [-0.2, 0) is 16.1 Å². The molecule has 0 saturated carbocycles. The number of hydrogen-bond acceptors (Lipinski definition) is 4. The smallest absolute Gasteiger partial charge is 0.328 e. The van der Waals surface area contributed by atoms with E-state index in [0.29, 0.717) is 18.4 Å². The summed E-state index contributed by atoms with van der Waals surface area (Å²) in [6.45, 7) is 8.39. The second-order valence-corrected chi connectivity index (χ2v) is 8.74. The van der Waals surface area contributed by atoms with Gasteiger partial charge in [0.2, 0.25) is 5.43 Å². The lowest BCUT2D eigenvalue weighted by Gasteiger charge is -2.19. The van der Waals surface area contributed by atoms with Crippen LogP contribution in [0.5, 0.6) is 0 Å². The van der Waals surface area contributed by atoms with Crippen molar-refractivity contribution in [2.75, 3.05) is 7.11 Å². The number of amides is 1. The summed E-state index contributed by atoms with van der Waals surface area (Å²) in [6, 6.07) is 14.4. The Labute approximate surface area is 203 Å². The van der Waals surface area contributed by atoms with Gasteiger partial charge < -0.3 is 14.6 Å². The number of carbonyl (C=O) groups is 2. The van der Waals surface area contributed by atoms with Gasteiger partial charge in [0.25, 0.3) is 5.91 Å². The summed E-state index contributed by atoms with van der Waals surface area (Å²) in [5.74, 6) is -0.966. The molecule has 0 aliphatic heterocycles. The van der Waals surface area contributed by atoms with Crippen LogP contribution in [0.4, 0.5) is 0 Å². The Hall–Kier alpha value is -2.93. The number of halogens is 1. The number of ether oxygens (including phenoxy) is 1. The van der Waals surface area contributed by atoms with Gasteiger partial charge in [-0.1, -0.05) is 74.0 Å². The molecule has 1 atom stereocenters. The number of esters is 1. The number of aromatic nitrogens is 1. The molecule has 0 fully saturated rings. The molecule has 2 aromatic carbocycles. The van der Waals surface area contributed by atoms with E-state index in [4.69, 9.17) is 4.74 Å². The van der Waals surface area contributed by atoms with Crippen molar-refractivity contribution in [3.63, 3.8) is 0 Å². The summed E-state index contributed by atoms with van der Waals surface area (Å²) in [7, 11) is 1.28. The maximum Gasteiger partial charge on any atom is 0.328 e. The lowest BCUT2D eigenvalue weighted by molar-refractivity contribution is -0.143. The van der Waals surface area contributed by atoms with Gasteiger partial charge >= 0.3 is 5.97 Å². The van der Waals surface area contributed by atoms with Gasteiger partial charge in [-0.3, -0.25) is 9.59 Å². The van der Waals surface area contributed by atoms with E-state index in [1.54, 1.807) is 12.3 Å². The predicted octanol–water partition coefficient (Wildman–Crippen LogP) is 5.16. The third-order valence-corrected chi connectivity index (χ3v) is 5.47. The molecule has 1 N–H and O–H groups in total. The lowest BCUT2D eigenvalue weighted by Crippen LogP contribution is -2.43. The van der Waals surface area contributed by atoms with Gasteiger partial charge in [-0.05, 0) is 36.1 Å². The number of fused-ring (bicyclic) bond motifs is 1. The molecule has 3 rings (SSSR count). The van der Waals surface area contributed by atoms with Crippen molar-refractivity contribution in [1.29, 1.82) is 0 Å². The summed E-state index contributed by atoms with van der Waals surface area (Å²) >= 11 is 3.41. The highest BCUT2D eigenvalue weighted by Crippen LogP contribution is 2.19. The molecule has 0 saturated heterocycles. The Kier molecular flexibility index (Phi) is 9.85. The van der Waals surface area contributed by atoms with Crippen LogP contribution >= 0.6 is 15.9 Å². The Balaban J connectivity index is 0.00000187. The van der Waals surface area contributed by atoms with Crippen molar-refractivity contribution >= 4 is 38.7 Å². The van der Waals surface area contributed by atoms with Crippen molar-refractivity contribution in [2.45, 2.75) is 46.7 Å². The SMILES string of the molecule is CC.COC(=O)[C@H](CC(C)C)NC(=O)c1cn(Cc2ccccc2)c2ccc(Br)cc2c1=O. The second-order valence-electron chi connectivity index (χ2n) is 7.83. The normalized spacial score (nSPS) is 11.5. The van der Waals surface area contributed by atoms with E-state index < -0.39 is 17.9 Å². The number of methoxy groups -OCH3 is 1. The first kappa shape index (κ1) is 26.3. The molecule has 7 heteroatoms. The molecular formula is C26H31BrN2O4. The van der Waals surface area contributed by atoms with Crippen LogP contribution in [-0.4, -0.2) is 29.6 Å². The Bertz CT molecular complexity index is 1160. The van der Waals surface area contributed by atoms with Crippen LogP contribution in [0, 0.1) is 5.92 Å². The Morgan fingerprint density at radius 3 is 2.36 bits per heavy atom. The van der Waals surface area contributed by atoms with Gasteiger partial charge in [0.15, 0.2) is 0 Å². The first-order chi connectivity index (χ1) is 15.8. The largest absolute Gasteiger partial charge is 0.467 e. The molecule has 1 heterocycles. The molecule has 0 unspecified atom stereocenters. The highest BCUT2D eigenvalue weighted by Gasteiger charge is 2.25. The van der Waals surface area contributed by atoms with Crippen molar-refractivity contribution in [1.82, 2.24) is 9.88 Å². The van der Waals surface area contributed by atoms with Crippen LogP contribution in [0.1, 0.15) is 50.0 Å². The number of hydrogen-bond donors (Lipinski definition) is 1. The number of pyridine rings is 1. The van der Waals surface area contributed by atoms with Crippen LogP contribution in [0.3, 0.4) is 0 Å². The molecule has 1 amide bonds. The van der Waals surface area contributed by atoms with E-state index in [2.05, 4.69) is 21.2 Å². The fraction of sp³-hybridized carbons (Fsp3) is 0.346. The highest BCUT2D eigenvalue weighted by molar-refractivity contribution is 9.10. The van der Waals surface area contributed by atoms with E-state index in [1.807, 2.05) is 74.7 Å². The van der Waals surface area contributed by atoms with E-state index in [9.17, 15) is 14.4 Å². The summed E-state index contributed by atoms with van der Waals surface area (Å²) in [5.41, 5.74) is 1.36. The minimum Gasteiger partial charge on any atom is -0.467 e. The van der Waals surface area contributed by atoms with Crippen molar-refractivity contribution in [3.8, 4) is 0 Å². The molecule has 3 aromatic rings. The second kappa shape index (κ2) is 12.3. The number of carbonyl (C=O) groups excluding carboxylic acids is 2. The maximum atomic E-state index is 13.2. The van der Waals surface area contributed by atoms with Gasteiger partial charge in [0.05, 0.1) is 12.6 Å². The minimum atomic E-state index is -0.822. The van der Waals surface area contributed by atoms with Gasteiger partial charge in [-0.15, -0.1) is 0 Å². The minimum absolute atomic E-state index is 0.0146. The van der Waals surface area contributed by atoms with Gasteiger partial charge in [-0.2, -0.15) is 0 Å². The maximum absolute atomic E-state index is 13.2. The zero-order valence-corrected chi connectivity index (χ0v) is 21.3. The zero-order chi connectivity index (χ0) is 24.5. The molecule has 0 bridgehead atoms. The lowest BCUT2D eigenvalue weighted by atomic mass is 10.0. The van der Waals surface area contributed by atoms with E-state index >= 15 is 0 Å². The first-order valence-corrected chi connectivity index (χ1v) is 11.8. The van der Waals surface area contributed by atoms with Crippen molar-refractivity contribution in [2.24, 2.45) is 5.92 Å². The molecule has 33 heavy (non-hydrogen) atoms. The number of benzene rings is 2. The quantitative estimate of drug-likeness (QED) is 0.442. The van der Waals surface area contributed by atoms with E-state index in [1.165, 1.54) is 7.11 Å². The summed E-state index contributed by atoms with van der Waals surface area (Å²) in [6.07, 6.45) is 1.97. The summed E-state index contributed by atoms with van der Waals surface area (Å²) in [5, 5.41) is 3.12. The summed E-state index contributed by atoms with van der Waals surface area (Å²) < 4.78 is 7.45. The number of nitrogens with one attached hydrogen (secondary N) is 1. The van der Waals surface area contributed by atoms with Crippen molar-refractivity contribution < 1.29 is 14.3 Å². The van der Waals surface area contributed by atoms with Crippen LogP contribution in [0.2, 0.25) is 0 Å². The Morgan fingerprint density at radius 1 is 1.09 bits per heavy atom. The van der Waals surface area contributed by atoms with Gasteiger partial charge in [0, 0.05) is 22.6 Å². The zero-order valence-electron chi connectivity index (χ0n) is 19.7. The fourth-order valence-corrected chi connectivity index (χ4v) is 3.87. The average molecular weight is 515 g/mol. The highest BCUT2D eigenvalue weighted by atomic mass is 79.9. The molecule has 0 spiro atoms. The molecule has 176 valence electrons. The summed E-state index contributed by atoms with van der Waals surface area (Å²) in [4.78, 5) is 38.4. The third-order valence-electron chi connectivity index (χ3n) is 4.98. The molecule has 0 aliphatic carbocycles. The van der Waals surface area contributed by atoms with E-state index in [0.717, 1.165) is 15.6 Å². The number of rotatable bonds is 7. The van der Waals surface area contributed by atoms with Gasteiger partial charge in [-0.25, -0.2) is 4.79 Å². The fourth-order valence-electron chi connectivity index (χ4n) is 3.51. The first-order valence-electron chi connectivity index (χ1n) is 11.1. The molecular weight excluding hydrogens is 484 g/mol.